The first-order valence-electron chi connectivity index (χ1n) is 5.80. The summed E-state index contributed by atoms with van der Waals surface area (Å²) < 4.78 is 38.9. The van der Waals surface area contributed by atoms with E-state index in [1.165, 1.54) is 36.4 Å². The largest absolute Gasteiger partial charge is 0.477 e. The third-order valence-corrected chi connectivity index (χ3v) is 3.79. The summed E-state index contributed by atoms with van der Waals surface area (Å²) in [5, 5.41) is 8.69. The quantitative estimate of drug-likeness (QED) is 0.878. The van der Waals surface area contributed by atoms with Crippen molar-refractivity contribution < 1.29 is 22.7 Å². The van der Waals surface area contributed by atoms with Crippen LogP contribution in [0.5, 0.6) is 0 Å². The van der Waals surface area contributed by atoms with Gasteiger partial charge in [0.05, 0.1) is 17.6 Å². The highest BCUT2D eigenvalue weighted by Gasteiger charge is 2.13. The Hall–Kier alpha value is -2.48. The fourth-order valence-corrected chi connectivity index (χ4v) is 2.78. The maximum absolute atomic E-state index is 12.7. The molecule has 2 aromatic rings. The first kappa shape index (κ1) is 14.9. The summed E-state index contributed by atoms with van der Waals surface area (Å²) in [6.07, 6.45) is 1.12. The molecule has 0 fully saturated rings. The minimum absolute atomic E-state index is 0.155. The highest BCUT2D eigenvalue weighted by Crippen LogP contribution is 2.13. The highest BCUT2D eigenvalue weighted by molar-refractivity contribution is 7.91. The Kier molecular flexibility index (Phi) is 4.18. The van der Waals surface area contributed by atoms with E-state index < -0.39 is 21.8 Å². The minimum Gasteiger partial charge on any atom is -0.477 e. The highest BCUT2D eigenvalue weighted by atomic mass is 32.2. The number of nitrogens with zero attached hydrogens (tertiary/aromatic N) is 1. The van der Waals surface area contributed by atoms with E-state index >= 15 is 0 Å². The van der Waals surface area contributed by atoms with Crippen molar-refractivity contribution in [2.24, 2.45) is 0 Å². The lowest BCUT2D eigenvalue weighted by atomic mass is 10.2. The minimum atomic E-state index is -3.69. The molecular weight excluding hydrogens is 299 g/mol. The van der Waals surface area contributed by atoms with Crippen LogP contribution >= 0.6 is 0 Å². The Balaban J connectivity index is 2.10. The number of aromatic carboxylic acids is 1. The molecule has 0 atom stereocenters. The smallest absolute Gasteiger partial charge is 0.354 e. The maximum atomic E-state index is 12.7. The molecule has 21 heavy (non-hydrogen) atoms. The average molecular weight is 310 g/mol. The second kappa shape index (κ2) is 5.88. The Morgan fingerprint density at radius 1 is 1.19 bits per heavy atom. The summed E-state index contributed by atoms with van der Waals surface area (Å²) in [6.45, 7) is 0. The van der Waals surface area contributed by atoms with E-state index in [4.69, 9.17) is 5.11 Å². The molecule has 0 aliphatic carbocycles. The Bertz CT molecular complexity index is 743. The molecule has 0 radical (unpaired) electrons. The van der Waals surface area contributed by atoms with Gasteiger partial charge in [-0.2, -0.15) is 0 Å². The van der Waals surface area contributed by atoms with Crippen LogP contribution < -0.4 is 4.72 Å². The normalized spacial score (nSPS) is 11.1. The van der Waals surface area contributed by atoms with E-state index in [9.17, 15) is 17.6 Å². The molecule has 0 bridgehead atoms. The first-order chi connectivity index (χ1) is 9.85. The molecule has 0 amide bonds. The van der Waals surface area contributed by atoms with Gasteiger partial charge in [0.25, 0.3) is 0 Å². The third-order valence-electron chi connectivity index (χ3n) is 2.53. The molecule has 1 aromatic carbocycles. The van der Waals surface area contributed by atoms with E-state index in [1.807, 2.05) is 0 Å². The standard InChI is InChI=1S/C13H11FN2O4S/c14-10-3-1-9(2-4-10)8-21(19,20)16-11-5-6-12(13(17)18)15-7-11/h1-7,16H,8H2,(H,17,18). The summed E-state index contributed by atoms with van der Waals surface area (Å²) in [5.41, 5.74) is 0.401. The predicted octanol–water partition coefficient (Wildman–Crippen LogP) is 1.86. The molecule has 0 spiro atoms. The van der Waals surface area contributed by atoms with Crippen molar-refractivity contribution in [3.63, 3.8) is 0 Å². The van der Waals surface area contributed by atoms with Crippen LogP contribution in [0.4, 0.5) is 10.1 Å². The van der Waals surface area contributed by atoms with E-state index in [0.717, 1.165) is 6.20 Å². The van der Waals surface area contributed by atoms with Gasteiger partial charge in [-0.15, -0.1) is 0 Å². The Morgan fingerprint density at radius 3 is 2.38 bits per heavy atom. The van der Waals surface area contributed by atoms with Crippen LogP contribution in [-0.4, -0.2) is 24.5 Å². The number of carboxylic acids is 1. The Morgan fingerprint density at radius 2 is 1.86 bits per heavy atom. The average Bonchev–Trinajstić information content (AvgIpc) is 2.41. The van der Waals surface area contributed by atoms with Crippen molar-refractivity contribution in [1.29, 1.82) is 0 Å². The lowest BCUT2D eigenvalue weighted by Gasteiger charge is -2.08. The van der Waals surface area contributed by atoms with Crippen molar-refractivity contribution in [2.45, 2.75) is 5.75 Å². The topological polar surface area (TPSA) is 96.4 Å². The van der Waals surface area contributed by atoms with Gasteiger partial charge in [-0.25, -0.2) is 22.6 Å². The van der Waals surface area contributed by atoms with Crippen LogP contribution in [0.3, 0.4) is 0 Å². The second-order valence-corrected chi connectivity index (χ2v) is 5.95. The van der Waals surface area contributed by atoms with Crippen molar-refractivity contribution >= 4 is 21.7 Å². The molecule has 0 unspecified atom stereocenters. The third kappa shape index (κ3) is 4.25. The molecule has 1 heterocycles. The number of halogens is 1. The number of carboxylic acid groups (broad SMARTS) is 1. The molecule has 0 aliphatic rings. The van der Waals surface area contributed by atoms with Crippen LogP contribution in [-0.2, 0) is 15.8 Å². The molecular formula is C13H11FN2O4S. The molecule has 8 heteroatoms. The van der Waals surface area contributed by atoms with Crippen molar-refractivity contribution in [3.8, 4) is 0 Å². The summed E-state index contributed by atoms with van der Waals surface area (Å²) in [7, 11) is -3.69. The molecule has 6 nitrogen and oxygen atoms in total. The van der Waals surface area contributed by atoms with Gasteiger partial charge in [0.1, 0.15) is 11.5 Å². The zero-order chi connectivity index (χ0) is 15.5. The van der Waals surface area contributed by atoms with E-state index in [-0.39, 0.29) is 17.1 Å². The second-order valence-electron chi connectivity index (χ2n) is 4.22. The summed E-state index contributed by atoms with van der Waals surface area (Å²) >= 11 is 0. The van der Waals surface area contributed by atoms with Gasteiger partial charge in [-0.1, -0.05) is 12.1 Å². The SMILES string of the molecule is O=C(O)c1ccc(NS(=O)(=O)Cc2ccc(F)cc2)cn1. The zero-order valence-electron chi connectivity index (χ0n) is 10.7. The van der Waals surface area contributed by atoms with Crippen molar-refractivity contribution in [3.05, 3.63) is 59.7 Å². The monoisotopic (exact) mass is 310 g/mol. The number of anilines is 1. The van der Waals surface area contributed by atoms with Gasteiger partial charge >= 0.3 is 5.97 Å². The van der Waals surface area contributed by atoms with Crippen LogP contribution in [0.15, 0.2) is 42.6 Å². The van der Waals surface area contributed by atoms with Gasteiger partial charge in [-0.05, 0) is 29.8 Å². The van der Waals surface area contributed by atoms with Crippen molar-refractivity contribution in [1.82, 2.24) is 4.98 Å². The maximum Gasteiger partial charge on any atom is 0.354 e. The number of sulfonamides is 1. The number of aromatic nitrogens is 1. The van der Waals surface area contributed by atoms with Gasteiger partial charge in [0.2, 0.25) is 10.0 Å². The lowest BCUT2D eigenvalue weighted by molar-refractivity contribution is 0.0690. The molecule has 0 aliphatic heterocycles. The molecule has 2 rings (SSSR count). The number of rotatable bonds is 5. The fraction of sp³-hybridized carbons (Fsp3) is 0.0769. The van der Waals surface area contributed by atoms with Crippen LogP contribution in [0, 0.1) is 5.82 Å². The molecule has 0 saturated carbocycles. The first-order valence-corrected chi connectivity index (χ1v) is 7.45. The predicted molar refractivity (Wildman–Crippen MR) is 73.8 cm³/mol. The van der Waals surface area contributed by atoms with Crippen LogP contribution in [0.2, 0.25) is 0 Å². The van der Waals surface area contributed by atoms with E-state index in [1.54, 1.807) is 0 Å². The van der Waals surface area contributed by atoms with Gasteiger partial charge in [-0.3, -0.25) is 4.72 Å². The van der Waals surface area contributed by atoms with Crippen LogP contribution in [0.25, 0.3) is 0 Å². The summed E-state index contributed by atoms with van der Waals surface area (Å²) in [5.74, 6) is -1.97. The molecule has 1 aromatic heterocycles. The Labute approximate surface area is 120 Å². The molecule has 2 N–H and O–H groups in total. The number of benzene rings is 1. The fourth-order valence-electron chi connectivity index (χ4n) is 1.60. The van der Waals surface area contributed by atoms with E-state index in [2.05, 4.69) is 9.71 Å². The van der Waals surface area contributed by atoms with Gasteiger partial charge in [0.15, 0.2) is 0 Å². The van der Waals surface area contributed by atoms with Gasteiger partial charge < -0.3 is 5.11 Å². The lowest BCUT2D eigenvalue weighted by Crippen LogP contribution is -2.15. The molecule has 110 valence electrons. The number of pyridine rings is 1. The number of hydrogen-bond donors (Lipinski definition) is 2. The summed E-state index contributed by atoms with van der Waals surface area (Å²) in [6, 6.07) is 7.60. The van der Waals surface area contributed by atoms with Gasteiger partial charge in [0, 0.05) is 0 Å². The summed E-state index contributed by atoms with van der Waals surface area (Å²) in [4.78, 5) is 14.2. The van der Waals surface area contributed by atoms with E-state index in [0.29, 0.717) is 5.56 Å². The number of carbonyl (C=O) groups is 1. The molecule has 0 saturated heterocycles. The number of nitrogens with one attached hydrogen (secondary N) is 1. The number of hydrogen-bond acceptors (Lipinski definition) is 4. The van der Waals surface area contributed by atoms with Crippen molar-refractivity contribution in [2.75, 3.05) is 4.72 Å². The van der Waals surface area contributed by atoms with Crippen LogP contribution in [0.1, 0.15) is 16.1 Å². The zero-order valence-corrected chi connectivity index (χ0v) is 11.5.